The summed E-state index contributed by atoms with van der Waals surface area (Å²) in [4.78, 5) is 0. The summed E-state index contributed by atoms with van der Waals surface area (Å²) in [5.74, 6) is -9.39. The molecule has 0 bridgehead atoms. The minimum absolute atomic E-state index is 0.199. The number of halogens is 5. The van der Waals surface area contributed by atoms with E-state index in [0.717, 1.165) is 0 Å². The maximum Gasteiger partial charge on any atom is 0.200 e. The molecule has 0 amide bonds. The SMILES string of the molecule is Fc1c(F)c(F)c(CCC[Si])c(F)c1F. The molecule has 0 spiro atoms. The molecular weight excluding hydrogens is 231 g/mol. The standard InChI is InChI=1S/C9H6F5Si/c10-5-4(2-1-3-15)6(11)8(13)9(14)7(5)12/h1-3H2. The van der Waals surface area contributed by atoms with Crippen LogP contribution in [-0.2, 0) is 6.42 Å². The molecule has 0 aromatic heterocycles. The van der Waals surface area contributed by atoms with E-state index in [2.05, 4.69) is 10.2 Å². The lowest BCUT2D eigenvalue weighted by Gasteiger charge is -2.07. The average molecular weight is 237 g/mol. The lowest BCUT2D eigenvalue weighted by Crippen LogP contribution is -2.07. The van der Waals surface area contributed by atoms with Gasteiger partial charge in [0, 0.05) is 15.8 Å². The number of rotatable bonds is 3. The summed E-state index contributed by atoms with van der Waals surface area (Å²) < 4.78 is 63.9. The third-order valence-electron chi connectivity index (χ3n) is 1.90. The Morgan fingerprint density at radius 1 is 0.733 bits per heavy atom. The molecule has 81 valence electrons. The van der Waals surface area contributed by atoms with Crippen molar-refractivity contribution in [3.05, 3.63) is 34.6 Å². The maximum absolute atomic E-state index is 13.0. The summed E-state index contributed by atoms with van der Waals surface area (Å²) in [6, 6.07) is 0.416. The topological polar surface area (TPSA) is 0 Å². The maximum atomic E-state index is 13.0. The van der Waals surface area contributed by atoms with Gasteiger partial charge in [-0.05, 0) is 6.42 Å². The van der Waals surface area contributed by atoms with Crippen LogP contribution in [0.15, 0.2) is 0 Å². The number of hydrogen-bond donors (Lipinski definition) is 0. The highest BCUT2D eigenvalue weighted by atomic mass is 28.1. The molecule has 0 N–H and O–H groups in total. The van der Waals surface area contributed by atoms with Crippen molar-refractivity contribution in [3.8, 4) is 0 Å². The monoisotopic (exact) mass is 237 g/mol. The fraction of sp³-hybridized carbons (Fsp3) is 0.333. The first-order valence-corrected chi connectivity index (χ1v) is 4.86. The van der Waals surface area contributed by atoms with Crippen molar-refractivity contribution >= 4 is 10.2 Å². The van der Waals surface area contributed by atoms with Gasteiger partial charge in [-0.2, -0.15) is 0 Å². The van der Waals surface area contributed by atoms with E-state index in [0.29, 0.717) is 6.04 Å². The first-order chi connectivity index (χ1) is 7.00. The van der Waals surface area contributed by atoms with Gasteiger partial charge < -0.3 is 0 Å². The van der Waals surface area contributed by atoms with Gasteiger partial charge in [0.05, 0.1) is 0 Å². The molecule has 0 aliphatic rings. The summed E-state index contributed by atoms with van der Waals surface area (Å²) in [6.45, 7) is 0. The van der Waals surface area contributed by atoms with Crippen LogP contribution in [0.25, 0.3) is 0 Å². The Kier molecular flexibility index (Phi) is 3.84. The van der Waals surface area contributed by atoms with E-state index in [4.69, 9.17) is 0 Å². The van der Waals surface area contributed by atoms with Crippen LogP contribution >= 0.6 is 0 Å². The van der Waals surface area contributed by atoms with Crippen LogP contribution in [0.4, 0.5) is 22.0 Å². The molecule has 0 heterocycles. The Labute approximate surface area is 86.5 Å². The first kappa shape index (κ1) is 12.2. The van der Waals surface area contributed by atoms with E-state index in [1.165, 1.54) is 0 Å². The van der Waals surface area contributed by atoms with Crippen LogP contribution in [0.2, 0.25) is 6.04 Å². The Balaban J connectivity index is 3.26. The van der Waals surface area contributed by atoms with Crippen LogP contribution in [0, 0.1) is 29.1 Å². The highest BCUT2D eigenvalue weighted by Crippen LogP contribution is 2.24. The van der Waals surface area contributed by atoms with Crippen molar-refractivity contribution in [1.29, 1.82) is 0 Å². The first-order valence-electron chi connectivity index (χ1n) is 4.15. The fourth-order valence-corrected chi connectivity index (χ4v) is 1.31. The molecule has 1 aromatic rings. The zero-order chi connectivity index (χ0) is 11.6. The average Bonchev–Trinajstić information content (AvgIpc) is 2.24. The van der Waals surface area contributed by atoms with E-state index in [1.54, 1.807) is 0 Å². The Morgan fingerprint density at radius 2 is 1.13 bits per heavy atom. The molecule has 0 nitrogen and oxygen atoms in total. The fourth-order valence-electron chi connectivity index (χ4n) is 1.14. The highest BCUT2D eigenvalue weighted by molar-refractivity contribution is 6.08. The van der Waals surface area contributed by atoms with Crippen molar-refractivity contribution in [2.24, 2.45) is 0 Å². The van der Waals surface area contributed by atoms with Gasteiger partial charge in [-0.15, -0.1) is 0 Å². The molecule has 0 saturated heterocycles. The lowest BCUT2D eigenvalue weighted by molar-refractivity contribution is 0.369. The van der Waals surface area contributed by atoms with Crippen LogP contribution in [0.1, 0.15) is 12.0 Å². The van der Waals surface area contributed by atoms with Crippen molar-refractivity contribution in [2.75, 3.05) is 0 Å². The van der Waals surface area contributed by atoms with E-state index in [1.807, 2.05) is 0 Å². The molecule has 0 unspecified atom stereocenters. The third kappa shape index (κ3) is 2.19. The van der Waals surface area contributed by atoms with Gasteiger partial charge in [0.15, 0.2) is 23.3 Å². The smallest absolute Gasteiger partial charge is 0.200 e. The van der Waals surface area contributed by atoms with Crippen LogP contribution < -0.4 is 0 Å². The second kappa shape index (κ2) is 4.74. The van der Waals surface area contributed by atoms with Crippen LogP contribution in [-0.4, -0.2) is 10.2 Å². The number of benzene rings is 1. The predicted molar refractivity (Wildman–Crippen MR) is 45.1 cm³/mol. The molecule has 3 radical (unpaired) electrons. The highest BCUT2D eigenvalue weighted by Gasteiger charge is 2.24. The van der Waals surface area contributed by atoms with Gasteiger partial charge in [-0.1, -0.05) is 12.5 Å². The molecule has 15 heavy (non-hydrogen) atoms. The van der Waals surface area contributed by atoms with E-state index < -0.39 is 34.6 Å². The van der Waals surface area contributed by atoms with Crippen LogP contribution in [0.5, 0.6) is 0 Å². The molecule has 1 aromatic carbocycles. The normalized spacial score (nSPS) is 10.8. The number of hydrogen-bond acceptors (Lipinski definition) is 0. The van der Waals surface area contributed by atoms with Gasteiger partial charge in [0.2, 0.25) is 5.82 Å². The molecular formula is C9H6F5Si. The van der Waals surface area contributed by atoms with Crippen LogP contribution in [0.3, 0.4) is 0 Å². The molecule has 0 fully saturated rings. The summed E-state index contributed by atoms with van der Waals surface area (Å²) in [6.07, 6.45) is 0.0878. The third-order valence-corrected chi connectivity index (χ3v) is 2.26. The lowest BCUT2D eigenvalue weighted by atomic mass is 10.1. The van der Waals surface area contributed by atoms with E-state index in [-0.39, 0.29) is 12.8 Å². The Morgan fingerprint density at radius 3 is 1.53 bits per heavy atom. The van der Waals surface area contributed by atoms with Crippen molar-refractivity contribution in [3.63, 3.8) is 0 Å². The predicted octanol–water partition coefficient (Wildman–Crippen LogP) is 2.90. The largest absolute Gasteiger partial charge is 0.203 e. The molecule has 1 rings (SSSR count). The molecule has 0 aliphatic carbocycles. The minimum atomic E-state index is -2.12. The molecule has 6 heteroatoms. The van der Waals surface area contributed by atoms with Gasteiger partial charge >= 0.3 is 0 Å². The summed E-state index contributed by atoms with van der Waals surface area (Å²) in [5, 5.41) is 0. The van der Waals surface area contributed by atoms with E-state index in [9.17, 15) is 22.0 Å². The summed E-state index contributed by atoms with van der Waals surface area (Å²) in [7, 11) is 3.05. The quantitative estimate of drug-likeness (QED) is 0.328. The van der Waals surface area contributed by atoms with Crippen molar-refractivity contribution in [2.45, 2.75) is 18.9 Å². The second-order valence-corrected chi connectivity index (χ2v) is 3.40. The summed E-state index contributed by atoms with van der Waals surface area (Å²) >= 11 is 0. The van der Waals surface area contributed by atoms with Gasteiger partial charge in [0.1, 0.15) is 0 Å². The zero-order valence-electron chi connectivity index (χ0n) is 7.51. The van der Waals surface area contributed by atoms with Crippen molar-refractivity contribution < 1.29 is 22.0 Å². The Hall–Kier alpha value is -0.913. The van der Waals surface area contributed by atoms with Crippen molar-refractivity contribution in [1.82, 2.24) is 0 Å². The van der Waals surface area contributed by atoms with E-state index >= 15 is 0 Å². The minimum Gasteiger partial charge on any atom is -0.203 e. The zero-order valence-corrected chi connectivity index (χ0v) is 8.51. The Bertz CT molecular complexity index is 348. The van der Waals surface area contributed by atoms with Gasteiger partial charge in [-0.3, -0.25) is 0 Å². The van der Waals surface area contributed by atoms with Gasteiger partial charge in [0.25, 0.3) is 0 Å². The molecule has 0 aliphatic heterocycles. The molecule has 0 saturated carbocycles. The van der Waals surface area contributed by atoms with Gasteiger partial charge in [-0.25, -0.2) is 22.0 Å². The molecule has 0 atom stereocenters. The second-order valence-electron chi connectivity index (χ2n) is 2.90. The summed E-state index contributed by atoms with van der Waals surface area (Å²) in [5.41, 5.74) is -0.760.